The summed E-state index contributed by atoms with van der Waals surface area (Å²) in [7, 11) is 1.40. The molecule has 5 nitrogen and oxygen atoms in total. The van der Waals surface area contributed by atoms with Crippen LogP contribution in [0.2, 0.25) is 0 Å². The van der Waals surface area contributed by atoms with Crippen molar-refractivity contribution in [1.29, 1.82) is 0 Å². The minimum absolute atomic E-state index is 0.203. The van der Waals surface area contributed by atoms with E-state index in [1.807, 2.05) is 31.2 Å². The highest BCUT2D eigenvalue weighted by Gasteiger charge is 2.29. The van der Waals surface area contributed by atoms with E-state index in [0.29, 0.717) is 18.3 Å². The normalized spacial score (nSPS) is 13.7. The largest absolute Gasteiger partial charge is 0.493 e. The molecule has 6 heteroatoms. The van der Waals surface area contributed by atoms with Gasteiger partial charge in [-0.1, -0.05) is 12.1 Å². The van der Waals surface area contributed by atoms with E-state index in [0.717, 1.165) is 40.8 Å². The van der Waals surface area contributed by atoms with E-state index in [9.17, 15) is 4.79 Å². The molecule has 1 aliphatic carbocycles. The molecular weight excluding hydrogens is 338 g/mol. The first-order valence-electron chi connectivity index (χ1n) is 8.48. The Morgan fingerprint density at radius 3 is 3.00 bits per heavy atom. The molecular formula is C19H23NO4S. The Labute approximate surface area is 152 Å². The van der Waals surface area contributed by atoms with Crippen molar-refractivity contribution in [1.82, 2.24) is 4.98 Å². The summed E-state index contributed by atoms with van der Waals surface area (Å²) in [6.07, 6.45) is 3.12. The molecule has 0 spiro atoms. The standard InChI is InChI=1S/C19H23NO4S/c1-13-17(20-19(24-13)15-6-7-15)8-9-23-16-5-3-4-14(10-16)11-25-12-18(21)22-2/h3-5,10,15H,6-9,11-12H2,1-2H3. The average molecular weight is 361 g/mol. The SMILES string of the molecule is COC(=O)CSCc1cccc(OCCc2nc(C3CC3)oc2C)c1. The van der Waals surface area contributed by atoms with Gasteiger partial charge in [0.2, 0.25) is 0 Å². The zero-order valence-electron chi connectivity index (χ0n) is 14.6. The number of hydrogen-bond donors (Lipinski definition) is 0. The molecule has 134 valence electrons. The van der Waals surface area contributed by atoms with Gasteiger partial charge in [-0.2, -0.15) is 0 Å². The van der Waals surface area contributed by atoms with Gasteiger partial charge in [0.15, 0.2) is 5.89 Å². The Bertz CT molecular complexity index is 724. The number of carbonyl (C=O) groups excluding carboxylic acids is 1. The van der Waals surface area contributed by atoms with Crippen molar-refractivity contribution in [2.75, 3.05) is 19.5 Å². The summed E-state index contributed by atoms with van der Waals surface area (Å²) in [5.41, 5.74) is 2.12. The number of nitrogens with zero attached hydrogens (tertiary/aromatic N) is 1. The maximum absolute atomic E-state index is 11.1. The molecule has 0 N–H and O–H groups in total. The van der Waals surface area contributed by atoms with Crippen LogP contribution in [0.3, 0.4) is 0 Å². The Morgan fingerprint density at radius 2 is 2.24 bits per heavy atom. The third-order valence-electron chi connectivity index (χ3n) is 4.06. The van der Waals surface area contributed by atoms with Crippen LogP contribution in [0, 0.1) is 6.92 Å². The Balaban J connectivity index is 1.46. The summed E-state index contributed by atoms with van der Waals surface area (Å²) in [6.45, 7) is 2.53. The summed E-state index contributed by atoms with van der Waals surface area (Å²) >= 11 is 1.53. The number of esters is 1. The fraction of sp³-hybridized carbons (Fsp3) is 0.474. The van der Waals surface area contributed by atoms with E-state index in [1.54, 1.807) is 0 Å². The van der Waals surface area contributed by atoms with Gasteiger partial charge in [-0.3, -0.25) is 4.79 Å². The highest BCUT2D eigenvalue weighted by molar-refractivity contribution is 7.99. The predicted molar refractivity (Wildman–Crippen MR) is 97.0 cm³/mol. The van der Waals surface area contributed by atoms with Crippen molar-refractivity contribution >= 4 is 17.7 Å². The quantitative estimate of drug-likeness (QED) is 0.632. The van der Waals surface area contributed by atoms with E-state index in [-0.39, 0.29) is 5.97 Å². The average Bonchev–Trinajstić information content (AvgIpc) is 3.39. The van der Waals surface area contributed by atoms with Crippen LogP contribution in [0.4, 0.5) is 0 Å². The molecule has 1 aliphatic rings. The number of ether oxygens (including phenoxy) is 2. The van der Waals surface area contributed by atoms with Gasteiger partial charge < -0.3 is 13.9 Å². The summed E-state index contributed by atoms with van der Waals surface area (Å²) < 4.78 is 16.2. The first-order chi connectivity index (χ1) is 12.2. The third-order valence-corrected chi connectivity index (χ3v) is 5.04. The van der Waals surface area contributed by atoms with Crippen LogP contribution < -0.4 is 4.74 Å². The van der Waals surface area contributed by atoms with Crippen molar-refractivity contribution < 1.29 is 18.7 Å². The Morgan fingerprint density at radius 1 is 1.40 bits per heavy atom. The summed E-state index contributed by atoms with van der Waals surface area (Å²) in [5.74, 6) is 4.06. The van der Waals surface area contributed by atoms with Crippen molar-refractivity contribution in [2.45, 2.75) is 37.9 Å². The minimum Gasteiger partial charge on any atom is -0.493 e. The van der Waals surface area contributed by atoms with Gasteiger partial charge in [-0.25, -0.2) is 4.98 Å². The predicted octanol–water partition coefficient (Wildman–Crippen LogP) is 3.89. The monoisotopic (exact) mass is 361 g/mol. The van der Waals surface area contributed by atoms with Crippen molar-refractivity contribution in [3.63, 3.8) is 0 Å². The van der Waals surface area contributed by atoms with Crippen molar-refractivity contribution in [2.24, 2.45) is 0 Å². The lowest BCUT2D eigenvalue weighted by Gasteiger charge is -2.07. The first kappa shape index (κ1) is 17.9. The zero-order valence-corrected chi connectivity index (χ0v) is 15.4. The molecule has 2 aromatic rings. The van der Waals surface area contributed by atoms with E-state index >= 15 is 0 Å². The second-order valence-electron chi connectivity index (χ2n) is 6.14. The molecule has 0 saturated heterocycles. The number of oxazole rings is 1. The highest BCUT2D eigenvalue weighted by atomic mass is 32.2. The minimum atomic E-state index is -0.203. The van der Waals surface area contributed by atoms with Gasteiger partial charge in [0.25, 0.3) is 0 Å². The van der Waals surface area contributed by atoms with Gasteiger partial charge in [-0.05, 0) is 37.5 Å². The molecule has 1 heterocycles. The van der Waals surface area contributed by atoms with Gasteiger partial charge in [0.1, 0.15) is 11.5 Å². The molecule has 0 atom stereocenters. The number of aromatic nitrogens is 1. The molecule has 25 heavy (non-hydrogen) atoms. The van der Waals surface area contributed by atoms with Crippen LogP contribution in [-0.4, -0.2) is 30.4 Å². The lowest BCUT2D eigenvalue weighted by Crippen LogP contribution is -2.04. The van der Waals surface area contributed by atoms with Crippen LogP contribution in [0.15, 0.2) is 28.7 Å². The molecule has 0 unspecified atom stereocenters. The third kappa shape index (κ3) is 5.26. The number of rotatable bonds is 9. The molecule has 0 amide bonds. The molecule has 1 fully saturated rings. The fourth-order valence-corrected chi connectivity index (χ4v) is 3.29. The smallest absolute Gasteiger partial charge is 0.315 e. The highest BCUT2D eigenvalue weighted by Crippen LogP contribution is 2.40. The van der Waals surface area contributed by atoms with E-state index in [4.69, 9.17) is 9.15 Å². The van der Waals surface area contributed by atoms with Crippen LogP contribution in [0.5, 0.6) is 5.75 Å². The van der Waals surface area contributed by atoms with Crippen molar-refractivity contribution in [3.05, 3.63) is 47.2 Å². The zero-order chi connectivity index (χ0) is 17.6. The van der Waals surface area contributed by atoms with Gasteiger partial charge in [0.05, 0.1) is 25.2 Å². The molecule has 1 saturated carbocycles. The van der Waals surface area contributed by atoms with E-state index in [1.165, 1.54) is 31.7 Å². The molecule has 1 aromatic heterocycles. The molecule has 0 bridgehead atoms. The maximum atomic E-state index is 11.1. The van der Waals surface area contributed by atoms with Crippen LogP contribution in [0.1, 0.15) is 41.7 Å². The summed E-state index contributed by atoms with van der Waals surface area (Å²) in [4.78, 5) is 15.7. The second kappa shape index (κ2) is 8.43. The maximum Gasteiger partial charge on any atom is 0.315 e. The van der Waals surface area contributed by atoms with Crippen molar-refractivity contribution in [3.8, 4) is 5.75 Å². The fourth-order valence-electron chi connectivity index (χ4n) is 2.49. The number of aryl methyl sites for hydroxylation is 1. The molecule has 1 aromatic carbocycles. The van der Waals surface area contributed by atoms with E-state index in [2.05, 4.69) is 9.72 Å². The number of thioether (sulfide) groups is 1. The van der Waals surface area contributed by atoms with Gasteiger partial charge >= 0.3 is 5.97 Å². The van der Waals surface area contributed by atoms with Crippen LogP contribution in [0.25, 0.3) is 0 Å². The summed E-state index contributed by atoms with van der Waals surface area (Å²) in [5, 5.41) is 0. The topological polar surface area (TPSA) is 61.6 Å². The first-order valence-corrected chi connectivity index (χ1v) is 9.63. The number of benzene rings is 1. The second-order valence-corrected chi connectivity index (χ2v) is 7.13. The lowest BCUT2D eigenvalue weighted by atomic mass is 10.2. The van der Waals surface area contributed by atoms with Crippen LogP contribution >= 0.6 is 11.8 Å². The molecule has 0 aliphatic heterocycles. The van der Waals surface area contributed by atoms with E-state index < -0.39 is 0 Å². The summed E-state index contributed by atoms with van der Waals surface area (Å²) in [6, 6.07) is 7.95. The van der Waals surface area contributed by atoms with Gasteiger partial charge in [0, 0.05) is 18.1 Å². The lowest BCUT2D eigenvalue weighted by molar-refractivity contribution is -0.137. The Kier molecular flexibility index (Phi) is 6.02. The molecule has 0 radical (unpaired) electrons. The number of methoxy groups -OCH3 is 1. The van der Waals surface area contributed by atoms with Crippen LogP contribution in [-0.2, 0) is 21.7 Å². The number of carbonyl (C=O) groups is 1. The molecule has 3 rings (SSSR count). The van der Waals surface area contributed by atoms with Gasteiger partial charge in [-0.15, -0.1) is 11.8 Å². The Hall–Kier alpha value is -1.95. The number of hydrogen-bond acceptors (Lipinski definition) is 6.